The molecule has 0 aliphatic rings. The van der Waals surface area contributed by atoms with Gasteiger partial charge in [-0.25, -0.2) is 4.99 Å². The molecule has 0 saturated carbocycles. The Morgan fingerprint density at radius 3 is 2.25 bits per heavy atom. The van der Waals surface area contributed by atoms with Crippen LogP contribution >= 0.6 is 0 Å². The lowest BCUT2D eigenvalue weighted by Gasteiger charge is -2.04. The Balaban J connectivity index is 0. The maximum atomic E-state index is 11.5. The van der Waals surface area contributed by atoms with Gasteiger partial charge in [0.15, 0.2) is 0 Å². The molecule has 0 aromatic heterocycles. The molecule has 0 rings (SSSR count). The minimum absolute atomic E-state index is 0.135. The molecule has 0 heterocycles. The van der Waals surface area contributed by atoms with Gasteiger partial charge in [-0.2, -0.15) is 8.42 Å². The van der Waals surface area contributed by atoms with E-state index in [0.29, 0.717) is 5.70 Å². The molecule has 0 aromatic rings. The van der Waals surface area contributed by atoms with Gasteiger partial charge in [-0.15, -0.1) is 0 Å². The van der Waals surface area contributed by atoms with Gasteiger partial charge in [0.05, 0.1) is 5.75 Å². The maximum absolute atomic E-state index is 11.5. The summed E-state index contributed by atoms with van der Waals surface area (Å²) >= 11 is 0. The molecule has 0 bridgehead atoms. The van der Waals surface area contributed by atoms with Crippen LogP contribution in [0.3, 0.4) is 0 Å². The van der Waals surface area contributed by atoms with E-state index in [4.69, 9.17) is 4.55 Å². The van der Waals surface area contributed by atoms with Crippen molar-refractivity contribution in [3.8, 4) is 0 Å². The van der Waals surface area contributed by atoms with E-state index in [1.165, 1.54) is 12.5 Å². The fourth-order valence-corrected chi connectivity index (χ4v) is 1.27. The standard InChI is InChI=1S/C10H16N2O4S.C3H8/c1-4-5-9(12-8(2)3)10(13)11-6-7-17(14,15)16;1-3-2/h4-5H,2,6-7H2,1,3H3,(H,11,13)(H,14,15,16);3H2,1-2H3/b5-4-,12-9?;. The molecule has 2 N–H and O–H groups in total. The molecule has 7 heteroatoms. The number of carbonyl (C=O) groups excluding carboxylic acids is 1. The average molecular weight is 304 g/mol. The minimum Gasteiger partial charge on any atom is -0.350 e. The fourth-order valence-electron chi connectivity index (χ4n) is 0.911. The third kappa shape index (κ3) is 14.6. The number of aliphatic imine (C=N–C) groups is 1. The van der Waals surface area contributed by atoms with E-state index in [0.717, 1.165) is 0 Å². The minimum atomic E-state index is -4.07. The van der Waals surface area contributed by atoms with Crippen molar-refractivity contribution in [2.75, 3.05) is 12.3 Å². The predicted octanol–water partition coefficient (Wildman–Crippen LogP) is 1.96. The highest BCUT2D eigenvalue weighted by Gasteiger charge is 2.10. The second kappa shape index (κ2) is 11.4. The van der Waals surface area contributed by atoms with Gasteiger partial charge >= 0.3 is 0 Å². The van der Waals surface area contributed by atoms with Gasteiger partial charge < -0.3 is 5.32 Å². The highest BCUT2D eigenvalue weighted by Crippen LogP contribution is 1.93. The molecule has 0 radical (unpaired) electrons. The molecular formula is C13H24N2O4S. The summed E-state index contributed by atoms with van der Waals surface area (Å²) in [5.74, 6) is -1.05. The molecule has 0 fully saturated rings. The Labute approximate surface area is 121 Å². The highest BCUT2D eigenvalue weighted by atomic mass is 32.2. The summed E-state index contributed by atoms with van der Waals surface area (Å²) in [6.07, 6.45) is 4.36. The first-order valence-corrected chi connectivity index (χ1v) is 7.89. The van der Waals surface area contributed by atoms with E-state index < -0.39 is 21.8 Å². The number of rotatable bonds is 6. The van der Waals surface area contributed by atoms with E-state index in [9.17, 15) is 13.2 Å². The third-order valence-electron chi connectivity index (χ3n) is 1.51. The molecule has 0 unspecified atom stereocenters. The molecule has 1 amide bonds. The lowest BCUT2D eigenvalue weighted by molar-refractivity contribution is -0.114. The molecule has 0 aromatic carbocycles. The summed E-state index contributed by atoms with van der Waals surface area (Å²) in [6, 6.07) is 0. The summed E-state index contributed by atoms with van der Waals surface area (Å²) in [6.45, 7) is 11.0. The van der Waals surface area contributed by atoms with Gasteiger partial charge in [-0.1, -0.05) is 32.9 Å². The normalized spacial score (nSPS) is 11.8. The van der Waals surface area contributed by atoms with Crippen molar-refractivity contribution in [1.82, 2.24) is 5.32 Å². The summed E-state index contributed by atoms with van der Waals surface area (Å²) < 4.78 is 29.3. The largest absolute Gasteiger partial charge is 0.350 e. The van der Waals surface area contributed by atoms with Crippen LogP contribution in [0.2, 0.25) is 0 Å². The Bertz CT molecular complexity index is 465. The van der Waals surface area contributed by atoms with Crippen molar-refractivity contribution >= 4 is 21.7 Å². The van der Waals surface area contributed by atoms with E-state index in [1.807, 2.05) is 0 Å². The number of nitrogens with one attached hydrogen (secondary N) is 1. The fraction of sp³-hybridized carbons (Fsp3) is 0.538. The number of amides is 1. The molecule has 20 heavy (non-hydrogen) atoms. The number of hydrogen-bond acceptors (Lipinski definition) is 4. The Kier molecular flexibility index (Phi) is 11.8. The molecule has 116 valence electrons. The van der Waals surface area contributed by atoms with Crippen LogP contribution in [0.4, 0.5) is 0 Å². The van der Waals surface area contributed by atoms with Crippen LogP contribution in [-0.2, 0) is 14.9 Å². The first-order valence-electron chi connectivity index (χ1n) is 6.28. The zero-order chi connectivity index (χ0) is 16.2. The van der Waals surface area contributed by atoms with E-state index in [-0.39, 0.29) is 12.3 Å². The van der Waals surface area contributed by atoms with Crippen molar-refractivity contribution in [2.45, 2.75) is 34.1 Å². The summed E-state index contributed by atoms with van der Waals surface area (Å²) in [5.41, 5.74) is 0.596. The Morgan fingerprint density at radius 1 is 1.40 bits per heavy atom. The smallest absolute Gasteiger partial charge is 0.269 e. The average Bonchev–Trinajstić information content (AvgIpc) is 2.27. The molecule has 6 nitrogen and oxygen atoms in total. The molecular weight excluding hydrogens is 280 g/mol. The second-order valence-electron chi connectivity index (χ2n) is 3.98. The van der Waals surface area contributed by atoms with Gasteiger partial charge in [0.2, 0.25) is 0 Å². The van der Waals surface area contributed by atoms with Crippen LogP contribution in [0.15, 0.2) is 29.4 Å². The lowest BCUT2D eigenvalue weighted by atomic mass is 10.3. The molecule has 0 atom stereocenters. The monoisotopic (exact) mass is 304 g/mol. The zero-order valence-electron chi connectivity index (χ0n) is 12.5. The molecule has 0 spiro atoms. The van der Waals surface area contributed by atoms with Crippen LogP contribution in [0, 0.1) is 0 Å². The topological polar surface area (TPSA) is 95.8 Å². The van der Waals surface area contributed by atoms with Gasteiger partial charge in [0, 0.05) is 12.2 Å². The Hall–Kier alpha value is -1.47. The van der Waals surface area contributed by atoms with Crippen molar-refractivity contribution < 1.29 is 17.8 Å². The first kappa shape index (κ1) is 20.8. The van der Waals surface area contributed by atoms with Gasteiger partial charge in [0.1, 0.15) is 5.71 Å². The quantitative estimate of drug-likeness (QED) is 0.579. The molecule has 0 aliphatic carbocycles. The summed E-state index contributed by atoms with van der Waals surface area (Å²) in [7, 11) is -4.07. The van der Waals surface area contributed by atoms with Crippen LogP contribution in [-0.4, -0.2) is 36.9 Å². The van der Waals surface area contributed by atoms with E-state index in [2.05, 4.69) is 30.7 Å². The van der Waals surface area contributed by atoms with Gasteiger partial charge in [-0.05, 0) is 19.9 Å². The van der Waals surface area contributed by atoms with Gasteiger partial charge in [0.25, 0.3) is 16.0 Å². The highest BCUT2D eigenvalue weighted by molar-refractivity contribution is 7.85. The van der Waals surface area contributed by atoms with Crippen molar-refractivity contribution in [2.24, 2.45) is 4.99 Å². The van der Waals surface area contributed by atoms with Gasteiger partial charge in [-0.3, -0.25) is 9.35 Å². The number of allylic oxidation sites excluding steroid dienone is 2. The van der Waals surface area contributed by atoms with Crippen molar-refractivity contribution in [3.05, 3.63) is 24.4 Å². The third-order valence-corrected chi connectivity index (χ3v) is 2.23. The first-order chi connectivity index (χ1) is 9.17. The van der Waals surface area contributed by atoms with Crippen LogP contribution < -0.4 is 5.32 Å². The summed E-state index contributed by atoms with van der Waals surface area (Å²) in [4.78, 5) is 15.4. The zero-order valence-corrected chi connectivity index (χ0v) is 13.3. The van der Waals surface area contributed by atoms with E-state index in [1.54, 1.807) is 19.9 Å². The van der Waals surface area contributed by atoms with Crippen LogP contribution in [0.5, 0.6) is 0 Å². The maximum Gasteiger partial charge on any atom is 0.269 e. The summed E-state index contributed by atoms with van der Waals surface area (Å²) in [5, 5.41) is 2.33. The Morgan fingerprint density at radius 2 is 1.90 bits per heavy atom. The van der Waals surface area contributed by atoms with Crippen LogP contribution in [0.1, 0.15) is 34.1 Å². The van der Waals surface area contributed by atoms with Crippen molar-refractivity contribution in [1.29, 1.82) is 0 Å². The van der Waals surface area contributed by atoms with Crippen LogP contribution in [0.25, 0.3) is 0 Å². The molecule has 0 saturated heterocycles. The van der Waals surface area contributed by atoms with E-state index >= 15 is 0 Å². The number of carbonyl (C=O) groups is 1. The SMILES string of the molecule is C=C(C)N=C(/C=C\C)C(=O)NCCS(=O)(=O)O.CCC. The second-order valence-corrected chi connectivity index (χ2v) is 5.55. The number of hydrogen-bond donors (Lipinski definition) is 2. The predicted molar refractivity (Wildman–Crippen MR) is 82.5 cm³/mol. The lowest BCUT2D eigenvalue weighted by Crippen LogP contribution is -2.33. The van der Waals surface area contributed by atoms with Crippen molar-refractivity contribution in [3.63, 3.8) is 0 Å². The number of nitrogens with zero attached hydrogens (tertiary/aromatic N) is 1. The molecule has 0 aliphatic heterocycles.